The standard InChI is InChI=1S/C17H32N2OS/c1-4-9-17(10-5-2,14(18)21)15(20)19-13-16(3)11-7-6-8-12-16/h4-13H2,1-3H3,(H2,18,21)(H,19,20). The van der Waals surface area contributed by atoms with Crippen molar-refractivity contribution < 1.29 is 4.79 Å². The van der Waals surface area contributed by atoms with Gasteiger partial charge < -0.3 is 11.1 Å². The second-order valence-corrected chi connectivity index (χ2v) is 7.44. The number of hydrogen-bond acceptors (Lipinski definition) is 2. The molecule has 0 spiro atoms. The van der Waals surface area contributed by atoms with Crippen LogP contribution < -0.4 is 11.1 Å². The fraction of sp³-hybridized carbons (Fsp3) is 0.882. The van der Waals surface area contributed by atoms with Crippen LogP contribution in [0.1, 0.15) is 78.6 Å². The zero-order valence-electron chi connectivity index (χ0n) is 14.0. The molecule has 0 aromatic carbocycles. The Bertz CT molecular complexity index is 356. The molecule has 122 valence electrons. The van der Waals surface area contributed by atoms with Gasteiger partial charge in [-0.05, 0) is 31.1 Å². The molecule has 0 bridgehead atoms. The fourth-order valence-electron chi connectivity index (χ4n) is 3.61. The highest BCUT2D eigenvalue weighted by atomic mass is 32.1. The average molecular weight is 313 g/mol. The minimum Gasteiger partial charge on any atom is -0.392 e. The Morgan fingerprint density at radius 2 is 1.71 bits per heavy atom. The van der Waals surface area contributed by atoms with Gasteiger partial charge in [0.05, 0.1) is 10.4 Å². The van der Waals surface area contributed by atoms with Gasteiger partial charge in [-0.2, -0.15) is 0 Å². The van der Waals surface area contributed by atoms with Crippen LogP contribution in [0.15, 0.2) is 0 Å². The SMILES string of the molecule is CCCC(CCC)(C(=O)NCC1(C)CCCCC1)C(N)=S. The monoisotopic (exact) mass is 312 g/mol. The van der Waals surface area contributed by atoms with Crippen molar-refractivity contribution in [1.82, 2.24) is 5.32 Å². The first-order valence-electron chi connectivity index (χ1n) is 8.48. The third kappa shape index (κ3) is 4.67. The minimum atomic E-state index is -0.649. The van der Waals surface area contributed by atoms with Crippen LogP contribution in [0.5, 0.6) is 0 Å². The zero-order valence-corrected chi connectivity index (χ0v) is 14.8. The van der Waals surface area contributed by atoms with Gasteiger partial charge in [0.25, 0.3) is 0 Å². The van der Waals surface area contributed by atoms with Gasteiger partial charge in [0.15, 0.2) is 0 Å². The molecule has 0 saturated heterocycles. The van der Waals surface area contributed by atoms with E-state index in [-0.39, 0.29) is 11.3 Å². The van der Waals surface area contributed by atoms with Crippen LogP contribution in [0, 0.1) is 10.8 Å². The maximum Gasteiger partial charge on any atom is 0.233 e. The normalized spacial score (nSPS) is 18.2. The van der Waals surface area contributed by atoms with Crippen LogP contribution in [0.2, 0.25) is 0 Å². The molecule has 0 heterocycles. The van der Waals surface area contributed by atoms with E-state index in [9.17, 15) is 4.79 Å². The molecule has 1 amide bonds. The number of hydrogen-bond donors (Lipinski definition) is 2. The summed E-state index contributed by atoms with van der Waals surface area (Å²) in [5, 5.41) is 3.18. The summed E-state index contributed by atoms with van der Waals surface area (Å²) in [6.07, 6.45) is 9.62. The lowest BCUT2D eigenvalue weighted by atomic mass is 9.74. The first kappa shape index (κ1) is 18.4. The van der Waals surface area contributed by atoms with Crippen molar-refractivity contribution in [3.05, 3.63) is 0 Å². The van der Waals surface area contributed by atoms with Crippen molar-refractivity contribution in [2.24, 2.45) is 16.6 Å². The van der Waals surface area contributed by atoms with Crippen molar-refractivity contribution in [3.8, 4) is 0 Å². The molecular weight excluding hydrogens is 280 g/mol. The van der Waals surface area contributed by atoms with Crippen LogP contribution in [0.3, 0.4) is 0 Å². The molecule has 3 N–H and O–H groups in total. The number of nitrogens with one attached hydrogen (secondary N) is 1. The van der Waals surface area contributed by atoms with E-state index in [0.29, 0.717) is 4.99 Å². The number of thiocarbonyl (C=S) groups is 1. The number of nitrogens with two attached hydrogens (primary N) is 1. The highest BCUT2D eigenvalue weighted by Gasteiger charge is 2.40. The van der Waals surface area contributed by atoms with Crippen molar-refractivity contribution in [3.63, 3.8) is 0 Å². The van der Waals surface area contributed by atoms with E-state index in [0.717, 1.165) is 32.2 Å². The van der Waals surface area contributed by atoms with E-state index in [2.05, 4.69) is 26.1 Å². The van der Waals surface area contributed by atoms with Crippen LogP contribution in [-0.2, 0) is 4.79 Å². The molecule has 0 aromatic heterocycles. The van der Waals surface area contributed by atoms with Crippen molar-refractivity contribution in [2.75, 3.05) is 6.54 Å². The zero-order chi connectivity index (χ0) is 15.9. The fourth-order valence-corrected chi connectivity index (χ4v) is 3.91. The molecule has 0 aromatic rings. The van der Waals surface area contributed by atoms with E-state index >= 15 is 0 Å². The molecule has 0 atom stereocenters. The largest absolute Gasteiger partial charge is 0.392 e. The molecule has 1 aliphatic carbocycles. The van der Waals surface area contributed by atoms with Gasteiger partial charge in [0, 0.05) is 6.54 Å². The Balaban J connectivity index is 2.73. The van der Waals surface area contributed by atoms with Crippen LogP contribution in [-0.4, -0.2) is 17.4 Å². The second kappa shape index (κ2) is 8.11. The second-order valence-electron chi connectivity index (χ2n) is 7.00. The molecule has 1 fully saturated rings. The van der Waals surface area contributed by atoms with E-state index in [1.807, 2.05) is 0 Å². The molecule has 3 nitrogen and oxygen atoms in total. The lowest BCUT2D eigenvalue weighted by Gasteiger charge is -2.36. The van der Waals surface area contributed by atoms with Crippen LogP contribution in [0.4, 0.5) is 0 Å². The van der Waals surface area contributed by atoms with Gasteiger partial charge >= 0.3 is 0 Å². The maximum atomic E-state index is 12.8. The Labute approximate surface area is 135 Å². The predicted molar refractivity (Wildman–Crippen MR) is 93.2 cm³/mol. The Morgan fingerprint density at radius 3 is 2.14 bits per heavy atom. The third-order valence-electron chi connectivity index (χ3n) is 5.00. The number of carbonyl (C=O) groups is 1. The van der Waals surface area contributed by atoms with E-state index in [1.54, 1.807) is 0 Å². The lowest BCUT2D eigenvalue weighted by Crippen LogP contribution is -2.51. The van der Waals surface area contributed by atoms with Gasteiger partial charge in [-0.1, -0.05) is 65.1 Å². The maximum absolute atomic E-state index is 12.8. The van der Waals surface area contributed by atoms with Crippen molar-refractivity contribution in [2.45, 2.75) is 78.6 Å². The van der Waals surface area contributed by atoms with Crippen LogP contribution in [0.25, 0.3) is 0 Å². The summed E-state index contributed by atoms with van der Waals surface area (Å²) >= 11 is 5.25. The molecule has 1 rings (SSSR count). The summed E-state index contributed by atoms with van der Waals surface area (Å²) in [7, 11) is 0. The van der Waals surface area contributed by atoms with E-state index in [4.69, 9.17) is 18.0 Å². The van der Waals surface area contributed by atoms with Gasteiger partial charge in [0.1, 0.15) is 0 Å². The van der Waals surface area contributed by atoms with Crippen molar-refractivity contribution >= 4 is 23.1 Å². The highest BCUT2D eigenvalue weighted by molar-refractivity contribution is 7.80. The Hall–Kier alpha value is -0.640. The quantitative estimate of drug-likeness (QED) is 0.667. The summed E-state index contributed by atoms with van der Waals surface area (Å²) in [4.78, 5) is 13.2. The molecule has 1 aliphatic rings. The minimum absolute atomic E-state index is 0.0468. The number of amides is 1. The molecular formula is C17H32N2OS. The predicted octanol–water partition coefficient (Wildman–Crippen LogP) is 3.95. The summed E-state index contributed by atoms with van der Waals surface area (Å²) in [5.41, 5.74) is 5.55. The lowest BCUT2D eigenvalue weighted by molar-refractivity contribution is -0.128. The first-order valence-corrected chi connectivity index (χ1v) is 8.89. The molecule has 0 aliphatic heterocycles. The van der Waals surface area contributed by atoms with Gasteiger partial charge in [-0.3, -0.25) is 4.79 Å². The molecule has 0 unspecified atom stereocenters. The van der Waals surface area contributed by atoms with Crippen molar-refractivity contribution in [1.29, 1.82) is 0 Å². The topological polar surface area (TPSA) is 55.1 Å². The number of carbonyl (C=O) groups excluding carboxylic acids is 1. The van der Waals surface area contributed by atoms with Gasteiger partial charge in [-0.15, -0.1) is 0 Å². The summed E-state index contributed by atoms with van der Waals surface area (Å²) in [6.45, 7) is 7.20. The molecule has 21 heavy (non-hydrogen) atoms. The summed E-state index contributed by atoms with van der Waals surface area (Å²) in [5.74, 6) is 0.0468. The Kier molecular flexibility index (Phi) is 7.11. The third-order valence-corrected chi connectivity index (χ3v) is 5.39. The van der Waals surface area contributed by atoms with Gasteiger partial charge in [-0.25, -0.2) is 0 Å². The van der Waals surface area contributed by atoms with E-state index in [1.165, 1.54) is 32.1 Å². The number of rotatable bonds is 8. The molecule has 4 heteroatoms. The van der Waals surface area contributed by atoms with E-state index < -0.39 is 5.41 Å². The highest BCUT2D eigenvalue weighted by Crippen LogP contribution is 2.36. The summed E-state index contributed by atoms with van der Waals surface area (Å²) in [6, 6.07) is 0. The smallest absolute Gasteiger partial charge is 0.233 e. The molecule has 1 saturated carbocycles. The van der Waals surface area contributed by atoms with Gasteiger partial charge in [0.2, 0.25) is 5.91 Å². The molecule has 0 radical (unpaired) electrons. The summed E-state index contributed by atoms with van der Waals surface area (Å²) < 4.78 is 0. The van der Waals surface area contributed by atoms with Crippen LogP contribution >= 0.6 is 12.2 Å². The first-order chi connectivity index (χ1) is 9.90. The Morgan fingerprint density at radius 1 is 1.19 bits per heavy atom. The average Bonchev–Trinajstić information content (AvgIpc) is 2.45.